The Kier molecular flexibility index (Phi) is 4.22. The van der Waals surface area contributed by atoms with Crippen LogP contribution in [0.5, 0.6) is 5.75 Å². The summed E-state index contributed by atoms with van der Waals surface area (Å²) < 4.78 is 0. The Morgan fingerprint density at radius 2 is 1.95 bits per heavy atom. The zero-order valence-corrected chi connectivity index (χ0v) is 11.8. The van der Waals surface area contributed by atoms with E-state index in [0.717, 1.165) is 0 Å². The number of hydrogen-bond acceptors (Lipinski definition) is 3. The highest BCUT2D eigenvalue weighted by Gasteiger charge is 2.12. The van der Waals surface area contributed by atoms with Gasteiger partial charge in [-0.15, -0.1) is 0 Å². The number of carbonyl (C=O) groups excluding carboxylic acids is 1. The van der Waals surface area contributed by atoms with Crippen LogP contribution in [0.4, 0.5) is 5.69 Å². The van der Waals surface area contributed by atoms with Crippen LogP contribution in [0.25, 0.3) is 0 Å². The Labute approximate surface area is 126 Å². The number of amides is 1. The highest BCUT2D eigenvalue weighted by atomic mass is 35.5. The third-order valence-corrected chi connectivity index (χ3v) is 3.21. The van der Waals surface area contributed by atoms with Crippen molar-refractivity contribution in [3.63, 3.8) is 0 Å². The molecule has 0 aromatic heterocycles. The number of rotatable bonds is 3. The Morgan fingerprint density at radius 1 is 1.25 bits per heavy atom. The summed E-state index contributed by atoms with van der Waals surface area (Å²) in [5.41, 5.74) is 6.67. The van der Waals surface area contributed by atoms with Crippen molar-refractivity contribution >= 4 is 40.4 Å². The van der Waals surface area contributed by atoms with Gasteiger partial charge in [-0.25, -0.2) is 0 Å². The zero-order valence-electron chi connectivity index (χ0n) is 10.3. The number of anilines is 1. The SMILES string of the molecule is NC(=S)c1ccc(Cl)c(NC(=O)c2ccccc2O)c1. The summed E-state index contributed by atoms with van der Waals surface area (Å²) in [7, 11) is 0. The molecule has 0 saturated carbocycles. The maximum absolute atomic E-state index is 12.1. The van der Waals surface area contributed by atoms with E-state index in [1.165, 1.54) is 12.1 Å². The van der Waals surface area contributed by atoms with E-state index in [-0.39, 0.29) is 16.3 Å². The number of aromatic hydroxyl groups is 1. The lowest BCUT2D eigenvalue weighted by Gasteiger charge is -2.10. The minimum Gasteiger partial charge on any atom is -0.507 e. The van der Waals surface area contributed by atoms with E-state index in [4.69, 9.17) is 29.6 Å². The molecule has 102 valence electrons. The molecule has 1 amide bonds. The maximum atomic E-state index is 12.1. The second-order valence-corrected chi connectivity index (χ2v) is 4.88. The quantitative estimate of drug-likeness (QED) is 0.762. The number of phenolic OH excluding ortho intramolecular Hbond substituents is 1. The molecule has 20 heavy (non-hydrogen) atoms. The van der Waals surface area contributed by atoms with Crippen molar-refractivity contribution in [1.82, 2.24) is 0 Å². The van der Waals surface area contributed by atoms with Crippen LogP contribution in [0, 0.1) is 0 Å². The van der Waals surface area contributed by atoms with E-state index in [1.54, 1.807) is 30.3 Å². The number of nitrogens with one attached hydrogen (secondary N) is 1. The zero-order chi connectivity index (χ0) is 14.7. The molecule has 0 radical (unpaired) electrons. The third-order valence-electron chi connectivity index (χ3n) is 2.65. The molecule has 0 bridgehead atoms. The molecule has 0 aliphatic rings. The number of hydrogen-bond donors (Lipinski definition) is 3. The first-order chi connectivity index (χ1) is 9.49. The Hall–Kier alpha value is -2.11. The normalized spacial score (nSPS) is 10.1. The van der Waals surface area contributed by atoms with E-state index >= 15 is 0 Å². The molecular formula is C14H11ClN2O2S. The van der Waals surface area contributed by atoms with Gasteiger partial charge in [0.05, 0.1) is 16.3 Å². The first-order valence-corrected chi connectivity index (χ1v) is 6.46. The summed E-state index contributed by atoms with van der Waals surface area (Å²) in [6, 6.07) is 11.1. The minimum atomic E-state index is -0.468. The molecule has 0 saturated heterocycles. The maximum Gasteiger partial charge on any atom is 0.259 e. The number of phenols is 1. The molecule has 0 aliphatic heterocycles. The summed E-state index contributed by atoms with van der Waals surface area (Å²) in [6.07, 6.45) is 0. The molecule has 0 atom stereocenters. The molecule has 0 unspecified atom stereocenters. The topological polar surface area (TPSA) is 75.3 Å². The van der Waals surface area contributed by atoms with Gasteiger partial charge in [0.2, 0.25) is 0 Å². The lowest BCUT2D eigenvalue weighted by Crippen LogP contribution is -2.14. The van der Waals surface area contributed by atoms with Crippen molar-refractivity contribution in [3.8, 4) is 5.75 Å². The highest BCUT2D eigenvalue weighted by Crippen LogP contribution is 2.25. The van der Waals surface area contributed by atoms with Crippen LogP contribution in [0.15, 0.2) is 42.5 Å². The summed E-state index contributed by atoms with van der Waals surface area (Å²) in [6.45, 7) is 0. The lowest BCUT2D eigenvalue weighted by molar-refractivity contribution is 0.102. The average Bonchev–Trinajstić information content (AvgIpc) is 2.41. The third kappa shape index (κ3) is 3.07. The fraction of sp³-hybridized carbons (Fsp3) is 0. The summed E-state index contributed by atoms with van der Waals surface area (Å²) in [4.78, 5) is 12.3. The molecule has 2 aromatic carbocycles. The Balaban J connectivity index is 2.30. The van der Waals surface area contributed by atoms with Crippen LogP contribution in [-0.2, 0) is 0 Å². The highest BCUT2D eigenvalue weighted by molar-refractivity contribution is 7.80. The molecule has 2 rings (SSSR count). The van der Waals surface area contributed by atoms with Crippen molar-refractivity contribution in [2.75, 3.05) is 5.32 Å². The summed E-state index contributed by atoms with van der Waals surface area (Å²) in [5, 5.41) is 12.6. The van der Waals surface area contributed by atoms with Crippen molar-refractivity contribution < 1.29 is 9.90 Å². The van der Waals surface area contributed by atoms with Crippen LogP contribution >= 0.6 is 23.8 Å². The second kappa shape index (κ2) is 5.90. The monoisotopic (exact) mass is 306 g/mol. The van der Waals surface area contributed by atoms with Crippen molar-refractivity contribution in [2.45, 2.75) is 0 Å². The number of carbonyl (C=O) groups is 1. The van der Waals surface area contributed by atoms with Crippen molar-refractivity contribution in [3.05, 3.63) is 58.6 Å². The number of benzene rings is 2. The molecule has 0 spiro atoms. The van der Waals surface area contributed by atoms with E-state index < -0.39 is 5.91 Å². The van der Waals surface area contributed by atoms with Gasteiger partial charge in [0.1, 0.15) is 10.7 Å². The van der Waals surface area contributed by atoms with Gasteiger partial charge in [-0.2, -0.15) is 0 Å². The van der Waals surface area contributed by atoms with E-state index in [2.05, 4.69) is 5.32 Å². The summed E-state index contributed by atoms with van der Waals surface area (Å²) in [5.74, 6) is -0.572. The molecule has 4 N–H and O–H groups in total. The molecule has 0 fully saturated rings. The van der Waals surface area contributed by atoms with Gasteiger partial charge < -0.3 is 16.2 Å². The molecular weight excluding hydrogens is 296 g/mol. The molecule has 2 aromatic rings. The number of para-hydroxylation sites is 1. The fourth-order valence-electron chi connectivity index (χ4n) is 1.63. The first kappa shape index (κ1) is 14.3. The predicted octanol–water partition coefficient (Wildman–Crippen LogP) is 2.93. The Morgan fingerprint density at radius 3 is 2.60 bits per heavy atom. The first-order valence-electron chi connectivity index (χ1n) is 5.67. The standard InChI is InChI=1S/C14H11ClN2O2S/c15-10-6-5-8(13(16)20)7-11(10)17-14(19)9-3-1-2-4-12(9)18/h1-7,18H,(H2,16,20)(H,17,19). The lowest BCUT2D eigenvalue weighted by atomic mass is 10.1. The molecule has 4 nitrogen and oxygen atoms in total. The smallest absolute Gasteiger partial charge is 0.259 e. The van der Waals surface area contributed by atoms with Gasteiger partial charge in [0.25, 0.3) is 5.91 Å². The van der Waals surface area contributed by atoms with Gasteiger partial charge in [-0.1, -0.05) is 42.0 Å². The van der Waals surface area contributed by atoms with Crippen LogP contribution in [0.3, 0.4) is 0 Å². The van der Waals surface area contributed by atoms with Crippen LogP contribution < -0.4 is 11.1 Å². The number of halogens is 1. The largest absolute Gasteiger partial charge is 0.507 e. The predicted molar refractivity (Wildman–Crippen MR) is 83.4 cm³/mol. The van der Waals surface area contributed by atoms with Gasteiger partial charge in [0, 0.05) is 5.56 Å². The van der Waals surface area contributed by atoms with Crippen LogP contribution in [-0.4, -0.2) is 16.0 Å². The fourth-order valence-corrected chi connectivity index (χ4v) is 1.92. The molecule has 0 aliphatic carbocycles. The number of thiocarbonyl (C=S) groups is 1. The molecule has 0 heterocycles. The van der Waals surface area contributed by atoms with Gasteiger partial charge in [0.15, 0.2) is 0 Å². The van der Waals surface area contributed by atoms with Crippen molar-refractivity contribution in [2.24, 2.45) is 5.73 Å². The molecule has 6 heteroatoms. The van der Waals surface area contributed by atoms with E-state index in [0.29, 0.717) is 16.3 Å². The second-order valence-electron chi connectivity index (χ2n) is 4.03. The van der Waals surface area contributed by atoms with Gasteiger partial charge in [-0.3, -0.25) is 4.79 Å². The summed E-state index contributed by atoms with van der Waals surface area (Å²) >= 11 is 10.9. The average molecular weight is 307 g/mol. The Bertz CT molecular complexity index is 689. The minimum absolute atomic E-state index is 0.105. The van der Waals surface area contributed by atoms with Crippen LogP contribution in [0.1, 0.15) is 15.9 Å². The van der Waals surface area contributed by atoms with Gasteiger partial charge in [-0.05, 0) is 24.3 Å². The van der Waals surface area contributed by atoms with Crippen LogP contribution in [0.2, 0.25) is 5.02 Å². The van der Waals surface area contributed by atoms with E-state index in [9.17, 15) is 9.90 Å². The van der Waals surface area contributed by atoms with E-state index in [1.807, 2.05) is 0 Å². The van der Waals surface area contributed by atoms with Gasteiger partial charge >= 0.3 is 0 Å². The number of nitrogens with two attached hydrogens (primary N) is 1. The van der Waals surface area contributed by atoms with Crippen molar-refractivity contribution in [1.29, 1.82) is 0 Å².